The summed E-state index contributed by atoms with van der Waals surface area (Å²) in [4.78, 5) is 12.1. The van der Waals surface area contributed by atoms with Gasteiger partial charge in [0.05, 0.1) is 21.0 Å². The third-order valence-corrected chi connectivity index (χ3v) is 8.72. The lowest BCUT2D eigenvalue weighted by atomic mass is 10.0. The van der Waals surface area contributed by atoms with Gasteiger partial charge >= 0.3 is 5.63 Å². The van der Waals surface area contributed by atoms with Crippen molar-refractivity contribution in [3.05, 3.63) is 131 Å². The lowest BCUT2D eigenvalue weighted by molar-refractivity contribution is 0.394. The van der Waals surface area contributed by atoms with E-state index in [1.54, 1.807) is 25.1 Å². The maximum atomic E-state index is 12.5. The van der Waals surface area contributed by atoms with Crippen LogP contribution < -0.4 is 15.5 Å². The summed E-state index contributed by atoms with van der Waals surface area (Å²) in [6.45, 7) is 1.69. The number of aromatic nitrogens is 2. The molecule has 0 atom stereocenters. The standard InChI is InChI=1S/C16H14N2O3S.C15H12N2O4S/c1-12-15(16(21-17-12)13-8-4-2-5-9-13)18-22(19,20)14-10-6-3-7-11-14;16-22(19,20)12-8-6-10(7-9-12)13-14(17-21-15(13)18)11-4-2-1-3-5-11/h2-11,18H,1H3;1-9,17H,(H2,16,19,20). The largest absolute Gasteiger partial charge is 0.365 e. The van der Waals surface area contributed by atoms with E-state index in [4.69, 9.17) is 14.2 Å². The van der Waals surface area contributed by atoms with Crippen LogP contribution in [0.5, 0.6) is 0 Å². The molecule has 0 unspecified atom stereocenters. The monoisotopic (exact) mass is 630 g/mol. The van der Waals surface area contributed by atoms with Crippen LogP contribution in [0.2, 0.25) is 0 Å². The number of hydrogen-bond donors (Lipinski definition) is 3. The highest BCUT2D eigenvalue weighted by Gasteiger charge is 2.22. The number of nitrogens with one attached hydrogen (secondary N) is 2. The number of nitrogens with zero attached hydrogens (tertiary/aromatic N) is 1. The van der Waals surface area contributed by atoms with Crippen LogP contribution in [-0.2, 0) is 20.0 Å². The minimum absolute atomic E-state index is 0.0163. The summed E-state index contributed by atoms with van der Waals surface area (Å²) < 4.78 is 60.2. The number of hydrogen-bond acceptors (Lipinski definition) is 8. The van der Waals surface area contributed by atoms with Gasteiger partial charge in [-0.05, 0) is 36.8 Å². The highest BCUT2D eigenvalue weighted by Crippen LogP contribution is 2.32. The second-order valence-corrected chi connectivity index (χ2v) is 12.7. The van der Waals surface area contributed by atoms with Gasteiger partial charge < -0.3 is 9.05 Å². The number of nitrogens with two attached hydrogens (primary N) is 1. The van der Waals surface area contributed by atoms with Crippen LogP contribution in [0.15, 0.2) is 139 Å². The maximum Gasteiger partial charge on any atom is 0.365 e. The molecule has 2 aromatic heterocycles. The van der Waals surface area contributed by atoms with Crippen molar-refractivity contribution in [1.29, 1.82) is 0 Å². The summed E-state index contributed by atoms with van der Waals surface area (Å²) in [6.07, 6.45) is 0. The van der Waals surface area contributed by atoms with E-state index in [0.717, 1.165) is 11.1 Å². The molecular formula is C31H26N4O7S2. The van der Waals surface area contributed by atoms with Crippen molar-refractivity contribution in [3.8, 4) is 33.7 Å². The topological polar surface area (TPSA) is 178 Å². The molecule has 0 saturated heterocycles. The van der Waals surface area contributed by atoms with E-state index in [9.17, 15) is 21.6 Å². The van der Waals surface area contributed by atoms with Gasteiger partial charge in [-0.1, -0.05) is 96.2 Å². The first-order chi connectivity index (χ1) is 21.0. The van der Waals surface area contributed by atoms with Gasteiger partial charge in [-0.15, -0.1) is 0 Å². The fourth-order valence-corrected chi connectivity index (χ4v) is 5.91. The number of anilines is 1. The summed E-state index contributed by atoms with van der Waals surface area (Å²) in [5.74, 6) is 0.401. The van der Waals surface area contributed by atoms with Crippen molar-refractivity contribution >= 4 is 25.7 Å². The molecule has 2 heterocycles. The molecule has 0 aliphatic heterocycles. The molecule has 6 aromatic rings. The first-order valence-corrected chi connectivity index (χ1v) is 16.1. The number of rotatable bonds is 7. The van der Waals surface area contributed by atoms with Crippen LogP contribution in [0.3, 0.4) is 0 Å². The second kappa shape index (κ2) is 12.6. The molecule has 0 bridgehead atoms. The molecule has 4 N–H and O–H groups in total. The zero-order valence-corrected chi connectivity index (χ0v) is 24.8. The highest BCUT2D eigenvalue weighted by atomic mass is 32.2. The molecule has 13 heteroatoms. The summed E-state index contributed by atoms with van der Waals surface area (Å²) >= 11 is 0. The van der Waals surface area contributed by atoms with Gasteiger partial charge in [-0.3, -0.25) is 4.72 Å². The summed E-state index contributed by atoms with van der Waals surface area (Å²) in [7, 11) is -7.46. The smallest absolute Gasteiger partial charge is 0.354 e. The summed E-state index contributed by atoms with van der Waals surface area (Å²) in [6, 6.07) is 32.4. The zero-order valence-electron chi connectivity index (χ0n) is 23.2. The summed E-state index contributed by atoms with van der Waals surface area (Å²) in [5.41, 5.74) is 3.28. The summed E-state index contributed by atoms with van der Waals surface area (Å²) in [5, 5.41) is 11.5. The fraction of sp³-hybridized carbons (Fsp3) is 0.0323. The van der Waals surface area contributed by atoms with Gasteiger partial charge in [0.2, 0.25) is 10.0 Å². The molecule has 224 valence electrons. The van der Waals surface area contributed by atoms with E-state index < -0.39 is 25.7 Å². The van der Waals surface area contributed by atoms with Gasteiger partial charge in [-0.25, -0.2) is 31.9 Å². The van der Waals surface area contributed by atoms with Gasteiger partial charge in [-0.2, -0.15) is 0 Å². The van der Waals surface area contributed by atoms with E-state index in [2.05, 4.69) is 15.0 Å². The minimum Gasteiger partial charge on any atom is -0.354 e. The zero-order chi connectivity index (χ0) is 31.3. The van der Waals surface area contributed by atoms with E-state index in [1.165, 1.54) is 36.4 Å². The Labute approximate surface area is 253 Å². The Bertz CT molecular complexity index is 2140. The third-order valence-electron chi connectivity index (χ3n) is 6.42. The molecule has 0 fully saturated rings. The Morgan fingerprint density at radius 2 is 1.25 bits per heavy atom. The SMILES string of the molecule is Cc1noc(-c2ccccc2)c1NS(=O)(=O)c1ccccc1.NS(=O)(=O)c1ccc(-c2c(-c3ccccc3)[nH]oc2=O)cc1. The fourth-order valence-electron chi connectivity index (χ4n) is 4.25. The molecule has 0 aliphatic carbocycles. The van der Waals surface area contributed by atoms with Gasteiger partial charge in [0.25, 0.3) is 10.0 Å². The van der Waals surface area contributed by atoms with Crippen molar-refractivity contribution in [2.75, 3.05) is 4.72 Å². The van der Waals surface area contributed by atoms with Crippen LogP contribution in [0.4, 0.5) is 5.69 Å². The van der Waals surface area contributed by atoms with Crippen molar-refractivity contribution in [3.63, 3.8) is 0 Å². The van der Waals surface area contributed by atoms with Crippen LogP contribution in [0.25, 0.3) is 33.7 Å². The first kappa shape index (κ1) is 30.2. The Hall–Kier alpha value is -5.24. The first-order valence-electron chi connectivity index (χ1n) is 13.0. The quantitative estimate of drug-likeness (QED) is 0.210. The molecule has 44 heavy (non-hydrogen) atoms. The number of aryl methyl sites for hydroxylation is 1. The van der Waals surface area contributed by atoms with Crippen molar-refractivity contribution in [2.45, 2.75) is 16.7 Å². The van der Waals surface area contributed by atoms with Crippen LogP contribution in [0, 0.1) is 6.92 Å². The Morgan fingerprint density at radius 1 is 0.705 bits per heavy atom. The average molecular weight is 631 g/mol. The molecule has 0 radical (unpaired) electrons. The van der Waals surface area contributed by atoms with Gasteiger partial charge in [0, 0.05) is 11.1 Å². The normalized spacial score (nSPS) is 11.4. The molecule has 0 aliphatic rings. The lowest BCUT2D eigenvalue weighted by Crippen LogP contribution is -2.13. The Morgan fingerprint density at radius 3 is 1.82 bits per heavy atom. The second-order valence-electron chi connectivity index (χ2n) is 9.43. The minimum atomic E-state index is -3.77. The van der Waals surface area contributed by atoms with Crippen LogP contribution in [-0.4, -0.2) is 27.1 Å². The molecule has 6 rings (SSSR count). The highest BCUT2D eigenvalue weighted by molar-refractivity contribution is 7.92. The molecular weight excluding hydrogens is 604 g/mol. The van der Waals surface area contributed by atoms with E-state index in [1.807, 2.05) is 60.7 Å². The molecule has 0 saturated carbocycles. The Kier molecular flexibility index (Phi) is 8.62. The van der Waals surface area contributed by atoms with E-state index in [-0.39, 0.29) is 9.79 Å². The van der Waals surface area contributed by atoms with Gasteiger partial charge in [0.15, 0.2) is 5.76 Å². The van der Waals surface area contributed by atoms with Gasteiger partial charge in [0.1, 0.15) is 11.4 Å². The Balaban J connectivity index is 0.000000175. The van der Waals surface area contributed by atoms with Crippen molar-refractivity contribution < 1.29 is 25.9 Å². The van der Waals surface area contributed by atoms with Crippen molar-refractivity contribution in [2.24, 2.45) is 5.14 Å². The van der Waals surface area contributed by atoms with E-state index in [0.29, 0.717) is 34.0 Å². The number of benzene rings is 4. The number of primary sulfonamides is 1. The molecule has 0 spiro atoms. The van der Waals surface area contributed by atoms with E-state index >= 15 is 0 Å². The molecule has 11 nitrogen and oxygen atoms in total. The predicted molar refractivity (Wildman–Crippen MR) is 166 cm³/mol. The lowest BCUT2D eigenvalue weighted by Gasteiger charge is -2.08. The van der Waals surface area contributed by atoms with Crippen molar-refractivity contribution in [1.82, 2.24) is 10.3 Å². The molecule has 0 amide bonds. The predicted octanol–water partition coefficient (Wildman–Crippen LogP) is 5.40. The van der Waals surface area contributed by atoms with Crippen LogP contribution in [0.1, 0.15) is 5.69 Å². The number of aromatic amines is 1. The molecule has 4 aromatic carbocycles. The average Bonchev–Trinajstić information content (AvgIpc) is 3.60. The number of H-pyrrole nitrogens is 1. The maximum absolute atomic E-state index is 12.5. The third kappa shape index (κ3) is 6.70. The number of sulfonamides is 2. The van der Waals surface area contributed by atoms with Crippen LogP contribution >= 0.6 is 0 Å².